The number of carbonyl (C=O) groups excluding carboxylic acids is 2. The van der Waals surface area contributed by atoms with Crippen molar-refractivity contribution < 1.29 is 49.7 Å². The van der Waals surface area contributed by atoms with Crippen molar-refractivity contribution in [2.75, 3.05) is 66.8 Å². The van der Waals surface area contributed by atoms with E-state index in [4.69, 9.17) is 14.7 Å². The van der Waals surface area contributed by atoms with Gasteiger partial charge in [0.15, 0.2) is 0 Å². The zero-order chi connectivity index (χ0) is 35.5. The number of hydrogen-bond donors (Lipinski definition) is 1. The van der Waals surface area contributed by atoms with E-state index in [0.717, 1.165) is 10.5 Å². The van der Waals surface area contributed by atoms with Gasteiger partial charge in [-0.15, -0.1) is 0 Å². The summed E-state index contributed by atoms with van der Waals surface area (Å²) in [4.78, 5) is 30.1. The first-order chi connectivity index (χ1) is 22.5. The summed E-state index contributed by atoms with van der Waals surface area (Å²) < 4.78 is 82.8. The molecule has 1 aliphatic rings. The SMILES string of the molecule is C[N+](C)(CCF)CCOCCOc1ccc2nccc(C(=O)NCC(=O)N3CC(F)(F)C[C@H]3C#N)c2c1.Cc1ccc(S(=O)(=O)[O-])cc1. The smallest absolute Gasteiger partial charge is 0.268 e. The van der Waals surface area contributed by atoms with Gasteiger partial charge in [0, 0.05) is 18.0 Å². The third-order valence-corrected chi connectivity index (χ3v) is 8.28. The number of ether oxygens (including phenoxy) is 2. The minimum Gasteiger partial charge on any atom is -0.744 e. The van der Waals surface area contributed by atoms with Gasteiger partial charge in [-0.05, 0) is 43.3 Å². The highest BCUT2D eigenvalue weighted by atomic mass is 32.2. The molecule has 4 rings (SSSR count). The van der Waals surface area contributed by atoms with Gasteiger partial charge < -0.3 is 28.7 Å². The van der Waals surface area contributed by atoms with Gasteiger partial charge >= 0.3 is 0 Å². The van der Waals surface area contributed by atoms with Gasteiger partial charge in [-0.2, -0.15) is 5.26 Å². The number of aryl methyl sites for hydroxylation is 1. The predicted octanol–water partition coefficient (Wildman–Crippen LogP) is 3.06. The number of likely N-dealkylation sites (N-methyl/N-ethyl adjacent to an activating group) is 1. The highest BCUT2D eigenvalue weighted by molar-refractivity contribution is 7.85. The maximum absolute atomic E-state index is 13.6. The molecule has 1 saturated heterocycles. The van der Waals surface area contributed by atoms with Gasteiger partial charge in [-0.3, -0.25) is 14.6 Å². The number of rotatable bonds is 13. The Labute approximate surface area is 277 Å². The number of likely N-dealkylation sites (tertiary alicyclic amines) is 1. The molecule has 0 saturated carbocycles. The quantitative estimate of drug-likeness (QED) is 0.161. The Bertz CT molecular complexity index is 1720. The number of nitrogens with zero attached hydrogens (tertiary/aromatic N) is 4. The van der Waals surface area contributed by atoms with Crippen LogP contribution in [0.25, 0.3) is 10.9 Å². The van der Waals surface area contributed by atoms with Crippen LogP contribution < -0.4 is 10.1 Å². The molecule has 1 aliphatic heterocycles. The number of aromatic nitrogens is 1. The van der Waals surface area contributed by atoms with Crippen molar-refractivity contribution in [2.24, 2.45) is 0 Å². The summed E-state index contributed by atoms with van der Waals surface area (Å²) in [5.74, 6) is -3.99. The number of quaternary nitrogens is 1. The monoisotopic (exact) mass is 693 g/mol. The van der Waals surface area contributed by atoms with Gasteiger partial charge in [0.1, 0.15) is 48.3 Å². The number of benzene rings is 2. The molecule has 1 fully saturated rings. The molecule has 0 spiro atoms. The van der Waals surface area contributed by atoms with Crippen LogP contribution in [0.1, 0.15) is 22.3 Å². The summed E-state index contributed by atoms with van der Waals surface area (Å²) in [6, 6.07) is 12.8. The third-order valence-electron chi connectivity index (χ3n) is 7.43. The lowest BCUT2D eigenvalue weighted by atomic mass is 10.1. The van der Waals surface area contributed by atoms with Crippen LogP contribution >= 0.6 is 0 Å². The number of nitriles is 1. The second kappa shape index (κ2) is 16.7. The van der Waals surface area contributed by atoms with Crippen molar-refractivity contribution in [3.8, 4) is 11.8 Å². The molecule has 1 aromatic heterocycles. The van der Waals surface area contributed by atoms with Crippen LogP contribution in [0.3, 0.4) is 0 Å². The Hall–Kier alpha value is -4.30. The Balaban J connectivity index is 0.000000480. The minimum absolute atomic E-state index is 0.178. The number of pyridine rings is 1. The number of halogens is 3. The van der Waals surface area contributed by atoms with Crippen molar-refractivity contribution in [3.05, 3.63) is 65.9 Å². The van der Waals surface area contributed by atoms with E-state index in [9.17, 15) is 35.7 Å². The van der Waals surface area contributed by atoms with Crippen LogP contribution in [0.15, 0.2) is 59.6 Å². The molecule has 48 heavy (non-hydrogen) atoms. The van der Waals surface area contributed by atoms with Crippen molar-refractivity contribution in [1.82, 2.24) is 15.2 Å². The van der Waals surface area contributed by atoms with Crippen LogP contribution in [0, 0.1) is 18.3 Å². The van der Waals surface area contributed by atoms with Crippen LogP contribution in [0.5, 0.6) is 5.75 Å². The lowest BCUT2D eigenvalue weighted by Gasteiger charge is -2.28. The fraction of sp³-hybridized carbons (Fsp3) is 0.438. The van der Waals surface area contributed by atoms with Crippen molar-refractivity contribution in [3.63, 3.8) is 0 Å². The molecule has 2 heterocycles. The van der Waals surface area contributed by atoms with E-state index in [1.165, 1.54) is 24.4 Å². The summed E-state index contributed by atoms with van der Waals surface area (Å²) in [5, 5.41) is 12.0. The standard InChI is InChI=1S/C25H30F3N5O4.C7H8O3S/c1-33(2,8-6-26)9-10-36-11-12-37-19-3-4-22-21(13-19)20(5-7-30-22)24(35)31-16-23(34)32-17-25(27,28)14-18(32)15-29;1-6-2-4-7(5-3-6)11(8,9)10/h3-5,7,13,18H,6,8-12,14,16-17H2,1-2H3;2-5H,1H3,(H,8,9,10)/t18-;/m0./s1. The first-order valence-electron chi connectivity index (χ1n) is 14.9. The molecule has 260 valence electrons. The van der Waals surface area contributed by atoms with E-state index in [1.807, 2.05) is 21.0 Å². The van der Waals surface area contributed by atoms with Gasteiger partial charge in [0.05, 0.1) is 62.4 Å². The van der Waals surface area contributed by atoms with E-state index >= 15 is 0 Å². The fourth-order valence-corrected chi connectivity index (χ4v) is 5.11. The van der Waals surface area contributed by atoms with Crippen LogP contribution in [-0.2, 0) is 19.6 Å². The average Bonchev–Trinajstić information content (AvgIpc) is 3.35. The molecule has 2 aromatic carbocycles. The van der Waals surface area contributed by atoms with Crippen molar-refractivity contribution in [2.45, 2.75) is 30.2 Å². The normalized spacial score (nSPS) is 15.7. The molecular weight excluding hydrogens is 655 g/mol. The minimum atomic E-state index is -4.27. The van der Waals surface area contributed by atoms with Crippen molar-refractivity contribution >= 4 is 32.8 Å². The summed E-state index contributed by atoms with van der Waals surface area (Å²) in [6.45, 7) is 2.21. The largest absolute Gasteiger partial charge is 0.744 e. The fourth-order valence-electron chi connectivity index (χ4n) is 4.64. The Morgan fingerprint density at radius 1 is 1.12 bits per heavy atom. The number of fused-ring (bicyclic) bond motifs is 1. The highest BCUT2D eigenvalue weighted by Gasteiger charge is 2.47. The third kappa shape index (κ3) is 11.4. The number of alkyl halides is 3. The van der Waals surface area contributed by atoms with Gasteiger partial charge in [0.25, 0.3) is 11.8 Å². The van der Waals surface area contributed by atoms with Gasteiger partial charge in [0.2, 0.25) is 5.91 Å². The number of amides is 2. The summed E-state index contributed by atoms with van der Waals surface area (Å²) >= 11 is 0. The number of hydrogen-bond acceptors (Lipinski definition) is 9. The lowest BCUT2D eigenvalue weighted by molar-refractivity contribution is -0.890. The highest BCUT2D eigenvalue weighted by Crippen LogP contribution is 2.31. The molecule has 1 N–H and O–H groups in total. The second-order valence-corrected chi connectivity index (χ2v) is 13.1. The Kier molecular flexibility index (Phi) is 13.3. The lowest BCUT2D eigenvalue weighted by Crippen LogP contribution is -2.43. The maximum Gasteiger partial charge on any atom is 0.268 e. The molecule has 12 nitrogen and oxygen atoms in total. The zero-order valence-electron chi connectivity index (χ0n) is 26.8. The van der Waals surface area contributed by atoms with Crippen LogP contribution in [-0.4, -0.2) is 118 Å². The summed E-state index contributed by atoms with van der Waals surface area (Å²) in [6.07, 6.45) is 0.728. The molecule has 0 unspecified atom stereocenters. The number of carbonyl (C=O) groups is 2. The molecule has 1 atom stereocenters. The van der Waals surface area contributed by atoms with E-state index in [0.29, 0.717) is 47.4 Å². The number of nitrogens with one attached hydrogen (secondary N) is 1. The van der Waals surface area contributed by atoms with E-state index in [2.05, 4.69) is 10.3 Å². The Morgan fingerprint density at radius 3 is 2.48 bits per heavy atom. The molecular formula is C32H38F3N5O7S. The van der Waals surface area contributed by atoms with Gasteiger partial charge in [-0.25, -0.2) is 21.6 Å². The van der Waals surface area contributed by atoms with E-state index in [-0.39, 0.29) is 23.7 Å². The average molecular weight is 694 g/mol. The maximum atomic E-state index is 13.6. The second-order valence-electron chi connectivity index (χ2n) is 11.7. The first kappa shape index (κ1) is 38.2. The Morgan fingerprint density at radius 2 is 1.83 bits per heavy atom. The zero-order valence-corrected chi connectivity index (χ0v) is 27.6. The molecule has 0 bridgehead atoms. The van der Waals surface area contributed by atoms with Crippen LogP contribution in [0.4, 0.5) is 13.2 Å². The van der Waals surface area contributed by atoms with Crippen molar-refractivity contribution in [1.29, 1.82) is 5.26 Å². The van der Waals surface area contributed by atoms with E-state index in [1.54, 1.807) is 36.4 Å². The molecule has 0 aliphatic carbocycles. The summed E-state index contributed by atoms with van der Waals surface area (Å²) in [7, 11) is -0.408. The first-order valence-corrected chi connectivity index (χ1v) is 16.3. The predicted molar refractivity (Wildman–Crippen MR) is 168 cm³/mol. The molecule has 0 radical (unpaired) electrons. The summed E-state index contributed by atoms with van der Waals surface area (Å²) in [5.41, 5.74) is 1.69. The van der Waals surface area contributed by atoms with Crippen LogP contribution in [0.2, 0.25) is 0 Å². The molecule has 16 heteroatoms. The van der Waals surface area contributed by atoms with E-state index < -0.39 is 53.4 Å². The van der Waals surface area contributed by atoms with Gasteiger partial charge in [-0.1, -0.05) is 17.7 Å². The topological polar surface area (TPSA) is 162 Å². The molecule has 3 aromatic rings. The molecule has 2 amide bonds.